The molecule has 2 amide bonds. The highest BCUT2D eigenvalue weighted by Crippen LogP contribution is 2.16. The molecule has 1 aromatic carbocycles. The van der Waals surface area contributed by atoms with Gasteiger partial charge >= 0.3 is 0 Å². The van der Waals surface area contributed by atoms with Crippen molar-refractivity contribution in [1.82, 2.24) is 5.32 Å². The van der Waals surface area contributed by atoms with E-state index in [0.717, 1.165) is 6.08 Å². The van der Waals surface area contributed by atoms with Crippen molar-refractivity contribution >= 4 is 23.8 Å². The number of nitrogens with one attached hydrogen (secondary N) is 2. The lowest BCUT2D eigenvalue weighted by Crippen LogP contribution is -2.24. The van der Waals surface area contributed by atoms with E-state index in [2.05, 4.69) is 10.6 Å². The van der Waals surface area contributed by atoms with Crippen LogP contribution < -0.4 is 10.6 Å². The Kier molecular flexibility index (Phi) is 2.51. The third-order valence-corrected chi connectivity index (χ3v) is 2.11. The Bertz CT molecular complexity index is 506. The number of anilines is 1. The first-order valence-corrected chi connectivity index (χ1v) is 4.59. The summed E-state index contributed by atoms with van der Waals surface area (Å²) in [6.07, 6.45) is 1.83. The maximum absolute atomic E-state index is 11.2. The van der Waals surface area contributed by atoms with Gasteiger partial charge in [0.1, 0.15) is 5.70 Å². The van der Waals surface area contributed by atoms with Crippen LogP contribution in [0.15, 0.2) is 36.0 Å². The van der Waals surface area contributed by atoms with E-state index in [1.54, 1.807) is 24.3 Å². The van der Waals surface area contributed by atoms with E-state index in [4.69, 9.17) is 0 Å². The van der Waals surface area contributed by atoms with Crippen molar-refractivity contribution in [3.8, 4) is 0 Å². The number of aldehydes is 1. The van der Waals surface area contributed by atoms with E-state index in [0.29, 0.717) is 17.5 Å². The molecule has 0 atom stereocenters. The molecule has 1 aliphatic rings. The minimum Gasteiger partial charge on any atom is -0.350 e. The first-order chi connectivity index (χ1) is 7.70. The molecule has 0 aliphatic carbocycles. The van der Waals surface area contributed by atoms with E-state index < -0.39 is 11.8 Å². The molecule has 0 bridgehead atoms. The number of carbonyl (C=O) groups is 3. The second kappa shape index (κ2) is 3.98. The Morgan fingerprint density at radius 1 is 1.19 bits per heavy atom. The predicted molar refractivity (Wildman–Crippen MR) is 56.7 cm³/mol. The van der Waals surface area contributed by atoms with E-state index in [-0.39, 0.29) is 5.70 Å². The zero-order chi connectivity index (χ0) is 11.5. The van der Waals surface area contributed by atoms with Crippen LogP contribution in [-0.2, 0) is 9.59 Å². The van der Waals surface area contributed by atoms with Crippen molar-refractivity contribution < 1.29 is 14.4 Å². The zero-order valence-corrected chi connectivity index (χ0v) is 8.19. The fraction of sp³-hybridized carbons (Fsp3) is 0. The van der Waals surface area contributed by atoms with Gasteiger partial charge < -0.3 is 5.32 Å². The molecule has 16 heavy (non-hydrogen) atoms. The second-order valence-corrected chi connectivity index (χ2v) is 3.21. The van der Waals surface area contributed by atoms with Crippen LogP contribution in [0.2, 0.25) is 0 Å². The maximum atomic E-state index is 11.2. The minimum absolute atomic E-state index is 0.138. The van der Waals surface area contributed by atoms with Gasteiger partial charge in [0.2, 0.25) is 0 Å². The van der Waals surface area contributed by atoms with Gasteiger partial charge in [-0.25, -0.2) is 0 Å². The lowest BCUT2D eigenvalue weighted by Gasteiger charge is -2.07. The molecule has 2 rings (SSSR count). The quantitative estimate of drug-likeness (QED) is 0.568. The van der Waals surface area contributed by atoms with Crippen LogP contribution in [0.3, 0.4) is 0 Å². The highest BCUT2D eigenvalue weighted by Gasteiger charge is 2.21. The monoisotopic (exact) mass is 216 g/mol. The van der Waals surface area contributed by atoms with Crippen LogP contribution in [0.4, 0.5) is 5.69 Å². The molecule has 5 heteroatoms. The summed E-state index contributed by atoms with van der Waals surface area (Å²) in [4.78, 5) is 32.8. The average Bonchev–Trinajstić information content (AvgIpc) is 2.58. The number of para-hydroxylation sites is 1. The molecule has 80 valence electrons. The number of imide groups is 1. The normalized spacial score (nSPS) is 14.4. The summed E-state index contributed by atoms with van der Waals surface area (Å²) in [5.41, 5.74) is 1.06. The van der Waals surface area contributed by atoms with Gasteiger partial charge in [0.25, 0.3) is 11.8 Å². The molecular formula is C11H8N2O3. The van der Waals surface area contributed by atoms with Gasteiger partial charge in [0.15, 0.2) is 6.29 Å². The SMILES string of the molecule is O=Cc1ccccc1NC1=CC(=O)NC1=O. The summed E-state index contributed by atoms with van der Waals surface area (Å²) in [6, 6.07) is 6.71. The third kappa shape index (κ3) is 1.83. The van der Waals surface area contributed by atoms with Gasteiger partial charge in [0, 0.05) is 17.3 Å². The van der Waals surface area contributed by atoms with Crippen molar-refractivity contribution in [1.29, 1.82) is 0 Å². The molecule has 0 aromatic heterocycles. The fourth-order valence-electron chi connectivity index (χ4n) is 1.36. The van der Waals surface area contributed by atoms with Crippen molar-refractivity contribution in [2.75, 3.05) is 5.32 Å². The molecule has 0 saturated heterocycles. The summed E-state index contributed by atoms with van der Waals surface area (Å²) in [7, 11) is 0. The Morgan fingerprint density at radius 3 is 2.56 bits per heavy atom. The van der Waals surface area contributed by atoms with Gasteiger partial charge in [-0.1, -0.05) is 12.1 Å². The van der Waals surface area contributed by atoms with Gasteiger partial charge in [-0.05, 0) is 12.1 Å². The van der Waals surface area contributed by atoms with E-state index in [1.807, 2.05) is 0 Å². The summed E-state index contributed by atoms with van der Waals surface area (Å²) < 4.78 is 0. The number of amides is 2. The molecule has 1 aromatic rings. The smallest absolute Gasteiger partial charge is 0.274 e. The fourth-order valence-corrected chi connectivity index (χ4v) is 1.36. The highest BCUT2D eigenvalue weighted by atomic mass is 16.2. The summed E-state index contributed by atoms with van der Waals surface area (Å²) in [5, 5.41) is 4.84. The molecule has 0 spiro atoms. The third-order valence-electron chi connectivity index (χ3n) is 2.11. The van der Waals surface area contributed by atoms with Crippen molar-refractivity contribution in [3.63, 3.8) is 0 Å². The Labute approximate surface area is 91.1 Å². The van der Waals surface area contributed by atoms with Crippen LogP contribution in [0.1, 0.15) is 10.4 Å². The number of carbonyl (C=O) groups excluding carboxylic acids is 3. The van der Waals surface area contributed by atoms with E-state index >= 15 is 0 Å². The molecule has 0 fully saturated rings. The predicted octanol–water partition coefficient (Wildman–Crippen LogP) is 0.451. The zero-order valence-electron chi connectivity index (χ0n) is 8.19. The van der Waals surface area contributed by atoms with Crippen molar-refractivity contribution in [2.24, 2.45) is 0 Å². The number of hydrogen-bond acceptors (Lipinski definition) is 4. The standard InChI is InChI=1S/C11H8N2O3/c14-6-7-3-1-2-4-8(7)12-9-5-10(15)13-11(9)16/h1-6H,(H2,12,13,15,16). The second-order valence-electron chi connectivity index (χ2n) is 3.21. The molecule has 5 nitrogen and oxygen atoms in total. The first kappa shape index (κ1) is 10.1. The minimum atomic E-state index is -0.495. The first-order valence-electron chi connectivity index (χ1n) is 4.59. The van der Waals surface area contributed by atoms with Crippen molar-refractivity contribution in [2.45, 2.75) is 0 Å². The molecule has 1 heterocycles. The molecule has 2 N–H and O–H groups in total. The van der Waals surface area contributed by atoms with Crippen LogP contribution in [-0.4, -0.2) is 18.1 Å². The lowest BCUT2D eigenvalue weighted by atomic mass is 10.2. The summed E-state index contributed by atoms with van der Waals surface area (Å²) >= 11 is 0. The van der Waals surface area contributed by atoms with Gasteiger partial charge in [-0.2, -0.15) is 0 Å². The van der Waals surface area contributed by atoms with Crippen LogP contribution in [0.25, 0.3) is 0 Å². The van der Waals surface area contributed by atoms with E-state index in [1.165, 1.54) is 0 Å². The number of rotatable bonds is 3. The maximum Gasteiger partial charge on any atom is 0.274 e. The Hall–Kier alpha value is -2.43. The largest absolute Gasteiger partial charge is 0.350 e. The van der Waals surface area contributed by atoms with Gasteiger partial charge in [0.05, 0.1) is 0 Å². The Balaban J connectivity index is 2.27. The molecule has 0 unspecified atom stereocenters. The topological polar surface area (TPSA) is 75.3 Å². The van der Waals surface area contributed by atoms with Gasteiger partial charge in [-0.15, -0.1) is 0 Å². The van der Waals surface area contributed by atoms with E-state index in [9.17, 15) is 14.4 Å². The molecule has 1 aliphatic heterocycles. The number of hydrogen-bond donors (Lipinski definition) is 2. The van der Waals surface area contributed by atoms with Crippen LogP contribution in [0, 0.1) is 0 Å². The average molecular weight is 216 g/mol. The highest BCUT2D eigenvalue weighted by molar-refractivity contribution is 6.17. The van der Waals surface area contributed by atoms with Crippen LogP contribution in [0.5, 0.6) is 0 Å². The molecule has 0 saturated carbocycles. The molecule has 0 radical (unpaired) electrons. The van der Waals surface area contributed by atoms with Gasteiger partial charge in [-0.3, -0.25) is 19.7 Å². The van der Waals surface area contributed by atoms with Crippen LogP contribution >= 0.6 is 0 Å². The molecular weight excluding hydrogens is 208 g/mol. The number of benzene rings is 1. The Morgan fingerprint density at radius 2 is 1.94 bits per heavy atom. The lowest BCUT2D eigenvalue weighted by molar-refractivity contribution is -0.123. The van der Waals surface area contributed by atoms with Crippen molar-refractivity contribution in [3.05, 3.63) is 41.6 Å². The summed E-state index contributed by atoms with van der Waals surface area (Å²) in [6.45, 7) is 0. The summed E-state index contributed by atoms with van der Waals surface area (Å²) in [5.74, 6) is -0.957.